The summed E-state index contributed by atoms with van der Waals surface area (Å²) in [5.41, 5.74) is 0.0953. The molecule has 3 aromatic rings. The number of carbonyl (C=O) groups excluding carboxylic acids is 2. The zero-order chi connectivity index (χ0) is 21.8. The van der Waals surface area contributed by atoms with Gasteiger partial charge in [0.2, 0.25) is 17.6 Å². The number of aromatic nitrogens is 4. The summed E-state index contributed by atoms with van der Waals surface area (Å²) < 4.78 is 39.7. The van der Waals surface area contributed by atoms with E-state index in [-0.39, 0.29) is 5.82 Å². The Kier molecular flexibility index (Phi) is 6.31. The van der Waals surface area contributed by atoms with Crippen molar-refractivity contribution in [1.82, 2.24) is 25.5 Å². The maximum absolute atomic E-state index is 13.6. The van der Waals surface area contributed by atoms with Gasteiger partial charge in [-0.1, -0.05) is 11.6 Å². The van der Waals surface area contributed by atoms with Crippen LogP contribution in [0.5, 0.6) is 0 Å². The second-order valence-electron chi connectivity index (χ2n) is 6.11. The molecule has 1 heterocycles. The van der Waals surface area contributed by atoms with Crippen LogP contribution in [0.25, 0.3) is 11.4 Å². The van der Waals surface area contributed by atoms with Crippen molar-refractivity contribution in [3.63, 3.8) is 0 Å². The van der Waals surface area contributed by atoms with E-state index in [9.17, 15) is 22.8 Å². The van der Waals surface area contributed by atoms with Gasteiger partial charge < -0.3 is 10.6 Å². The third kappa shape index (κ3) is 4.74. The molecule has 0 aliphatic carbocycles. The zero-order valence-electron chi connectivity index (χ0n) is 15.4. The molecule has 1 atom stereocenters. The summed E-state index contributed by atoms with van der Waals surface area (Å²) in [5.74, 6) is -5.81. The van der Waals surface area contributed by atoms with E-state index in [1.54, 1.807) is 24.3 Å². The molecule has 1 unspecified atom stereocenters. The van der Waals surface area contributed by atoms with E-state index in [2.05, 4.69) is 20.7 Å². The maximum atomic E-state index is 13.6. The van der Waals surface area contributed by atoms with Gasteiger partial charge in [-0.3, -0.25) is 9.59 Å². The van der Waals surface area contributed by atoms with Gasteiger partial charge in [-0.2, -0.15) is 4.80 Å². The molecule has 1 aromatic heterocycles. The van der Waals surface area contributed by atoms with E-state index in [0.29, 0.717) is 16.7 Å². The van der Waals surface area contributed by atoms with Crippen LogP contribution in [0.15, 0.2) is 36.4 Å². The summed E-state index contributed by atoms with van der Waals surface area (Å²) in [5, 5.41) is 16.7. The molecule has 0 bridgehead atoms. The van der Waals surface area contributed by atoms with Gasteiger partial charge in [0.25, 0.3) is 0 Å². The number of rotatable bonds is 6. The first kappa shape index (κ1) is 21.2. The molecule has 0 aliphatic heterocycles. The lowest BCUT2D eigenvalue weighted by molar-refractivity contribution is -0.126. The van der Waals surface area contributed by atoms with Crippen molar-refractivity contribution in [2.45, 2.75) is 13.0 Å². The quantitative estimate of drug-likeness (QED) is 0.576. The molecule has 3 rings (SSSR count). The third-order valence-electron chi connectivity index (χ3n) is 3.99. The number of hydrogen-bond donors (Lipinski definition) is 2. The number of anilines is 1. The summed E-state index contributed by atoms with van der Waals surface area (Å²) in [6, 6.07) is 7.32. The molecular formula is C18H14ClF3N6O2. The molecule has 2 aromatic carbocycles. The van der Waals surface area contributed by atoms with E-state index in [1.165, 1.54) is 6.92 Å². The number of benzene rings is 2. The van der Waals surface area contributed by atoms with E-state index in [0.717, 1.165) is 10.9 Å². The Labute approximate surface area is 173 Å². The summed E-state index contributed by atoms with van der Waals surface area (Å²) in [6.07, 6.45) is 0. The molecule has 156 valence electrons. The van der Waals surface area contributed by atoms with Gasteiger partial charge in [-0.05, 0) is 48.5 Å². The van der Waals surface area contributed by atoms with Gasteiger partial charge in [0.15, 0.2) is 17.5 Å². The van der Waals surface area contributed by atoms with Gasteiger partial charge >= 0.3 is 0 Å². The van der Waals surface area contributed by atoms with Crippen molar-refractivity contribution >= 4 is 29.1 Å². The van der Waals surface area contributed by atoms with Gasteiger partial charge in [0, 0.05) is 10.6 Å². The molecular weight excluding hydrogens is 425 g/mol. The van der Waals surface area contributed by atoms with E-state index < -0.39 is 47.5 Å². The molecule has 12 heteroatoms. The molecule has 8 nitrogen and oxygen atoms in total. The first-order chi connectivity index (χ1) is 14.3. The van der Waals surface area contributed by atoms with Crippen LogP contribution in [-0.4, -0.2) is 38.6 Å². The fourth-order valence-electron chi connectivity index (χ4n) is 2.34. The van der Waals surface area contributed by atoms with Crippen molar-refractivity contribution in [2.75, 3.05) is 11.9 Å². The summed E-state index contributed by atoms with van der Waals surface area (Å²) >= 11 is 5.83. The predicted molar refractivity (Wildman–Crippen MR) is 101 cm³/mol. The molecule has 2 N–H and O–H groups in total. The number of hydrogen-bond acceptors (Lipinski definition) is 5. The van der Waals surface area contributed by atoms with E-state index in [1.807, 2.05) is 5.32 Å². The third-order valence-corrected chi connectivity index (χ3v) is 4.24. The Balaban J connectivity index is 1.58. The van der Waals surface area contributed by atoms with Crippen molar-refractivity contribution < 1.29 is 22.8 Å². The van der Waals surface area contributed by atoms with Crippen molar-refractivity contribution in [1.29, 1.82) is 0 Å². The van der Waals surface area contributed by atoms with Crippen molar-refractivity contribution in [3.05, 3.63) is 58.9 Å². The lowest BCUT2D eigenvalue weighted by atomic mass is 10.2. The highest BCUT2D eigenvalue weighted by Crippen LogP contribution is 2.20. The normalized spacial score (nSPS) is 11.8. The Hall–Kier alpha value is -3.47. The zero-order valence-corrected chi connectivity index (χ0v) is 16.1. The summed E-state index contributed by atoms with van der Waals surface area (Å²) in [4.78, 5) is 25.2. The monoisotopic (exact) mass is 438 g/mol. The van der Waals surface area contributed by atoms with Gasteiger partial charge in [0.1, 0.15) is 6.04 Å². The Morgan fingerprint density at radius 1 is 1.10 bits per heavy atom. The van der Waals surface area contributed by atoms with Crippen LogP contribution in [-0.2, 0) is 9.59 Å². The topological polar surface area (TPSA) is 102 Å². The average Bonchev–Trinajstić information content (AvgIpc) is 3.22. The van der Waals surface area contributed by atoms with Gasteiger partial charge in [-0.15, -0.1) is 10.2 Å². The molecule has 30 heavy (non-hydrogen) atoms. The SMILES string of the molecule is CC(C(=O)NCC(=O)Nc1ccc(F)c(F)c1F)n1nnc(-c2ccc(Cl)cc2)n1. The second-order valence-corrected chi connectivity index (χ2v) is 6.54. The summed E-state index contributed by atoms with van der Waals surface area (Å²) in [6.45, 7) is 0.940. The smallest absolute Gasteiger partial charge is 0.246 e. The first-order valence-electron chi connectivity index (χ1n) is 8.52. The summed E-state index contributed by atoms with van der Waals surface area (Å²) in [7, 11) is 0. The van der Waals surface area contributed by atoms with Crippen LogP contribution in [0.4, 0.5) is 18.9 Å². The van der Waals surface area contributed by atoms with Gasteiger partial charge in [-0.25, -0.2) is 13.2 Å². The minimum absolute atomic E-state index is 0.276. The predicted octanol–water partition coefficient (Wildman–Crippen LogP) is 2.73. The molecule has 0 radical (unpaired) electrons. The van der Waals surface area contributed by atoms with Crippen LogP contribution in [0.2, 0.25) is 5.02 Å². The average molecular weight is 439 g/mol. The van der Waals surface area contributed by atoms with Crippen molar-refractivity contribution in [3.8, 4) is 11.4 Å². The number of nitrogens with one attached hydrogen (secondary N) is 2. The first-order valence-corrected chi connectivity index (χ1v) is 8.90. The largest absolute Gasteiger partial charge is 0.345 e. The minimum Gasteiger partial charge on any atom is -0.345 e. The highest BCUT2D eigenvalue weighted by atomic mass is 35.5. The number of amides is 2. The lowest BCUT2D eigenvalue weighted by Gasteiger charge is -2.11. The highest BCUT2D eigenvalue weighted by molar-refractivity contribution is 6.30. The van der Waals surface area contributed by atoms with E-state index in [4.69, 9.17) is 11.6 Å². The molecule has 0 aliphatic rings. The fourth-order valence-corrected chi connectivity index (χ4v) is 2.47. The minimum atomic E-state index is -1.71. The van der Waals surface area contributed by atoms with Crippen LogP contribution in [0.1, 0.15) is 13.0 Å². The number of tetrazole rings is 1. The van der Waals surface area contributed by atoms with Gasteiger partial charge in [0.05, 0.1) is 12.2 Å². The van der Waals surface area contributed by atoms with E-state index >= 15 is 0 Å². The van der Waals surface area contributed by atoms with Crippen LogP contribution >= 0.6 is 11.6 Å². The Morgan fingerprint density at radius 3 is 2.50 bits per heavy atom. The number of nitrogens with zero attached hydrogens (tertiary/aromatic N) is 4. The van der Waals surface area contributed by atoms with Crippen LogP contribution in [0.3, 0.4) is 0 Å². The highest BCUT2D eigenvalue weighted by Gasteiger charge is 2.20. The van der Waals surface area contributed by atoms with Crippen LogP contribution < -0.4 is 10.6 Å². The Morgan fingerprint density at radius 2 is 1.80 bits per heavy atom. The number of carbonyl (C=O) groups is 2. The second kappa shape index (κ2) is 8.91. The molecule has 0 saturated heterocycles. The lowest BCUT2D eigenvalue weighted by Crippen LogP contribution is -2.37. The molecule has 0 saturated carbocycles. The number of halogens is 4. The molecule has 2 amide bonds. The molecule has 0 fully saturated rings. The standard InChI is InChI=1S/C18H14ClF3N6O2/c1-9(28-26-17(25-27-28)10-2-4-11(19)5-3-10)18(30)23-8-14(29)24-13-7-6-12(20)15(21)16(13)22/h2-7,9H,8H2,1H3,(H,23,30)(H,24,29). The maximum Gasteiger partial charge on any atom is 0.246 e. The fraction of sp³-hybridized carbons (Fsp3) is 0.167. The Bertz CT molecular complexity index is 1090. The van der Waals surface area contributed by atoms with Crippen molar-refractivity contribution in [2.24, 2.45) is 0 Å². The van der Waals surface area contributed by atoms with Crippen LogP contribution in [0, 0.1) is 17.5 Å². The molecule has 0 spiro atoms.